The van der Waals surface area contributed by atoms with Crippen molar-refractivity contribution in [3.8, 4) is 0 Å². The molecule has 1 heterocycles. The van der Waals surface area contributed by atoms with E-state index >= 15 is 0 Å². The van der Waals surface area contributed by atoms with Crippen LogP contribution in [-0.4, -0.2) is 15.7 Å². The molecular weight excluding hydrogens is 226 g/mol. The first-order valence-corrected chi connectivity index (χ1v) is 6.81. The van der Waals surface area contributed by atoms with E-state index in [1.807, 2.05) is 23.9 Å². The fraction of sp³-hybridized carbons (Fsp3) is 0.571. The van der Waals surface area contributed by atoms with Gasteiger partial charge in [-0.15, -0.1) is 0 Å². The van der Waals surface area contributed by atoms with Crippen molar-refractivity contribution < 1.29 is 4.79 Å². The van der Waals surface area contributed by atoms with Crippen LogP contribution in [0, 0.1) is 11.8 Å². The molecule has 2 fully saturated rings. The number of anilines is 1. The summed E-state index contributed by atoms with van der Waals surface area (Å²) < 4.78 is 1.81. The van der Waals surface area contributed by atoms with Crippen LogP contribution in [0.4, 0.5) is 5.69 Å². The van der Waals surface area contributed by atoms with Crippen molar-refractivity contribution in [2.75, 3.05) is 5.32 Å². The van der Waals surface area contributed by atoms with Gasteiger partial charge in [-0.05, 0) is 44.4 Å². The summed E-state index contributed by atoms with van der Waals surface area (Å²) in [4.78, 5) is 12.0. The lowest BCUT2D eigenvalue weighted by Crippen LogP contribution is -2.09. The summed E-state index contributed by atoms with van der Waals surface area (Å²) in [6, 6.07) is 0. The molecule has 2 saturated carbocycles. The summed E-state index contributed by atoms with van der Waals surface area (Å²) in [5.74, 6) is 1.39. The first-order valence-electron chi connectivity index (χ1n) is 6.81. The molecule has 0 bridgehead atoms. The number of aryl methyl sites for hydroxylation is 1. The maximum atomic E-state index is 12.0. The van der Waals surface area contributed by atoms with Crippen LogP contribution in [0.3, 0.4) is 0 Å². The molecule has 0 aromatic carbocycles. The monoisotopic (exact) mass is 245 g/mol. The molecular formula is C14H19N3O. The third-order valence-electron chi connectivity index (χ3n) is 3.62. The van der Waals surface area contributed by atoms with Gasteiger partial charge in [0, 0.05) is 18.8 Å². The number of allylic oxidation sites excluding steroid dienone is 1. The van der Waals surface area contributed by atoms with Gasteiger partial charge in [0.25, 0.3) is 0 Å². The second kappa shape index (κ2) is 4.59. The van der Waals surface area contributed by atoms with Gasteiger partial charge in [0.2, 0.25) is 5.91 Å². The molecule has 0 radical (unpaired) electrons. The van der Waals surface area contributed by atoms with E-state index in [9.17, 15) is 4.79 Å². The van der Waals surface area contributed by atoms with Crippen molar-refractivity contribution in [1.29, 1.82) is 0 Å². The Morgan fingerprint density at radius 2 is 2.11 bits per heavy atom. The zero-order valence-electron chi connectivity index (χ0n) is 10.7. The molecule has 0 atom stereocenters. The predicted octanol–water partition coefficient (Wildman–Crippen LogP) is 2.59. The van der Waals surface area contributed by atoms with Gasteiger partial charge in [-0.2, -0.15) is 5.10 Å². The SMILES string of the molecule is CCn1cc(NC(=O)C=C(C2CC2)C2CC2)cn1. The fourth-order valence-electron chi connectivity index (χ4n) is 2.33. The zero-order chi connectivity index (χ0) is 12.5. The van der Waals surface area contributed by atoms with Crippen molar-refractivity contribution in [2.45, 2.75) is 39.2 Å². The number of rotatable bonds is 5. The van der Waals surface area contributed by atoms with Gasteiger partial charge in [0.15, 0.2) is 0 Å². The highest BCUT2D eigenvalue weighted by atomic mass is 16.1. The third kappa shape index (κ3) is 2.63. The maximum absolute atomic E-state index is 12.0. The van der Waals surface area contributed by atoms with E-state index in [2.05, 4.69) is 10.4 Å². The Morgan fingerprint density at radius 1 is 1.44 bits per heavy atom. The normalized spacial score (nSPS) is 18.5. The Labute approximate surface area is 107 Å². The Bertz CT molecular complexity index is 467. The molecule has 2 aliphatic rings. The van der Waals surface area contributed by atoms with Crippen molar-refractivity contribution in [2.24, 2.45) is 11.8 Å². The molecule has 0 saturated heterocycles. The average molecular weight is 245 g/mol. The first-order chi connectivity index (χ1) is 8.76. The van der Waals surface area contributed by atoms with E-state index in [1.54, 1.807) is 6.20 Å². The van der Waals surface area contributed by atoms with E-state index in [1.165, 1.54) is 31.3 Å². The van der Waals surface area contributed by atoms with E-state index in [0.29, 0.717) is 11.8 Å². The standard InChI is InChI=1S/C14H19N3O/c1-2-17-9-12(8-15-17)16-14(18)7-13(10-3-4-10)11-5-6-11/h7-11H,2-6H2,1H3,(H,16,18). The Morgan fingerprint density at radius 3 is 2.61 bits per heavy atom. The number of nitrogens with one attached hydrogen (secondary N) is 1. The van der Waals surface area contributed by atoms with Crippen LogP contribution in [-0.2, 0) is 11.3 Å². The van der Waals surface area contributed by atoms with Crippen LogP contribution >= 0.6 is 0 Å². The number of amides is 1. The minimum absolute atomic E-state index is 0.000506. The van der Waals surface area contributed by atoms with Crippen molar-refractivity contribution in [3.05, 3.63) is 24.0 Å². The van der Waals surface area contributed by atoms with Gasteiger partial charge in [-0.25, -0.2) is 0 Å². The number of hydrogen-bond acceptors (Lipinski definition) is 2. The van der Waals surface area contributed by atoms with Gasteiger partial charge in [-0.3, -0.25) is 9.48 Å². The largest absolute Gasteiger partial charge is 0.320 e. The minimum atomic E-state index is -0.000506. The molecule has 0 spiro atoms. The summed E-state index contributed by atoms with van der Waals surface area (Å²) in [5, 5.41) is 7.04. The number of aromatic nitrogens is 2. The summed E-state index contributed by atoms with van der Waals surface area (Å²) in [6.07, 6.45) is 10.5. The van der Waals surface area contributed by atoms with Crippen LogP contribution in [0.2, 0.25) is 0 Å². The molecule has 18 heavy (non-hydrogen) atoms. The topological polar surface area (TPSA) is 46.9 Å². The smallest absolute Gasteiger partial charge is 0.248 e. The Kier molecular flexibility index (Phi) is 2.94. The summed E-state index contributed by atoms with van der Waals surface area (Å²) >= 11 is 0. The van der Waals surface area contributed by atoms with Gasteiger partial charge in [0.05, 0.1) is 11.9 Å². The van der Waals surface area contributed by atoms with E-state index < -0.39 is 0 Å². The molecule has 1 amide bonds. The molecule has 3 rings (SSSR count). The van der Waals surface area contributed by atoms with Crippen molar-refractivity contribution >= 4 is 11.6 Å². The summed E-state index contributed by atoms with van der Waals surface area (Å²) in [6.45, 7) is 2.85. The highest BCUT2D eigenvalue weighted by Crippen LogP contribution is 2.48. The molecule has 4 heteroatoms. The Hall–Kier alpha value is -1.58. The van der Waals surface area contributed by atoms with Crippen molar-refractivity contribution in [3.63, 3.8) is 0 Å². The van der Waals surface area contributed by atoms with Gasteiger partial charge >= 0.3 is 0 Å². The number of carbonyl (C=O) groups excluding carboxylic acids is 1. The molecule has 2 aliphatic carbocycles. The van der Waals surface area contributed by atoms with Crippen LogP contribution in [0.25, 0.3) is 0 Å². The minimum Gasteiger partial charge on any atom is -0.320 e. The Balaban J connectivity index is 1.65. The highest BCUT2D eigenvalue weighted by molar-refractivity contribution is 5.99. The van der Waals surface area contributed by atoms with Gasteiger partial charge < -0.3 is 5.32 Å². The lowest BCUT2D eigenvalue weighted by atomic mass is 10.1. The van der Waals surface area contributed by atoms with E-state index in [4.69, 9.17) is 0 Å². The van der Waals surface area contributed by atoms with Crippen LogP contribution in [0.5, 0.6) is 0 Å². The van der Waals surface area contributed by atoms with Gasteiger partial charge in [0.1, 0.15) is 0 Å². The lowest BCUT2D eigenvalue weighted by Gasteiger charge is -2.03. The van der Waals surface area contributed by atoms with E-state index in [-0.39, 0.29) is 5.91 Å². The lowest BCUT2D eigenvalue weighted by molar-refractivity contribution is -0.112. The number of carbonyl (C=O) groups is 1. The van der Waals surface area contributed by atoms with Crippen LogP contribution in [0.15, 0.2) is 24.0 Å². The molecule has 0 aliphatic heterocycles. The van der Waals surface area contributed by atoms with Crippen molar-refractivity contribution in [1.82, 2.24) is 9.78 Å². The molecule has 1 N–H and O–H groups in total. The third-order valence-corrected chi connectivity index (χ3v) is 3.62. The molecule has 96 valence electrons. The number of hydrogen-bond donors (Lipinski definition) is 1. The highest BCUT2D eigenvalue weighted by Gasteiger charge is 2.36. The fourth-order valence-corrected chi connectivity index (χ4v) is 2.33. The maximum Gasteiger partial charge on any atom is 0.248 e. The van der Waals surface area contributed by atoms with Crippen LogP contribution in [0.1, 0.15) is 32.6 Å². The van der Waals surface area contributed by atoms with E-state index in [0.717, 1.165) is 12.2 Å². The quantitative estimate of drug-likeness (QED) is 0.810. The summed E-state index contributed by atoms with van der Waals surface area (Å²) in [7, 11) is 0. The molecule has 1 aromatic rings. The average Bonchev–Trinajstić information content (AvgIpc) is 3.25. The zero-order valence-corrected chi connectivity index (χ0v) is 10.7. The molecule has 1 aromatic heterocycles. The van der Waals surface area contributed by atoms with Gasteiger partial charge in [-0.1, -0.05) is 5.57 Å². The molecule has 0 unspecified atom stereocenters. The second-order valence-electron chi connectivity index (χ2n) is 5.27. The molecule has 4 nitrogen and oxygen atoms in total. The number of nitrogens with zero attached hydrogens (tertiary/aromatic N) is 2. The summed E-state index contributed by atoms with van der Waals surface area (Å²) in [5.41, 5.74) is 2.17. The second-order valence-corrected chi connectivity index (χ2v) is 5.27. The predicted molar refractivity (Wildman–Crippen MR) is 70.1 cm³/mol. The van der Waals surface area contributed by atoms with Crippen LogP contribution < -0.4 is 5.32 Å². The first kappa shape index (κ1) is 11.5.